The second kappa shape index (κ2) is 5.62. The van der Waals surface area contributed by atoms with Gasteiger partial charge in [0.05, 0.1) is 10.9 Å². The predicted octanol–water partition coefficient (Wildman–Crippen LogP) is 3.13. The van der Waals surface area contributed by atoms with E-state index in [1.807, 2.05) is 24.4 Å². The van der Waals surface area contributed by atoms with Crippen molar-refractivity contribution in [3.05, 3.63) is 45.1 Å². The quantitative estimate of drug-likeness (QED) is 0.822. The summed E-state index contributed by atoms with van der Waals surface area (Å²) >= 11 is 4.75. The molecule has 4 nitrogen and oxygen atoms in total. The van der Waals surface area contributed by atoms with E-state index < -0.39 is 10.0 Å². The molecule has 1 aromatic carbocycles. The second-order valence-corrected chi connectivity index (χ2v) is 7.59. The van der Waals surface area contributed by atoms with Crippen LogP contribution in [0.4, 0.5) is 5.69 Å². The molecule has 2 aromatic rings. The molecule has 3 N–H and O–H groups in total. The highest BCUT2D eigenvalue weighted by Crippen LogP contribution is 2.25. The van der Waals surface area contributed by atoms with Gasteiger partial charge < -0.3 is 5.73 Å². The minimum Gasteiger partial charge on any atom is -0.398 e. The molecule has 0 aliphatic rings. The molecule has 7 heteroatoms. The molecule has 0 aliphatic heterocycles. The lowest BCUT2D eigenvalue weighted by Gasteiger charge is -2.13. The van der Waals surface area contributed by atoms with Gasteiger partial charge in [0.2, 0.25) is 10.0 Å². The molecule has 1 unspecified atom stereocenters. The van der Waals surface area contributed by atoms with Crippen LogP contribution in [-0.2, 0) is 10.0 Å². The van der Waals surface area contributed by atoms with Crippen LogP contribution in [0.1, 0.15) is 17.8 Å². The SMILES string of the molecule is CC(NS(=O)(=O)c1ccc(Br)c(N)c1)c1cccs1. The molecular weight excluding hydrogens is 348 g/mol. The van der Waals surface area contributed by atoms with Gasteiger partial charge in [0.15, 0.2) is 0 Å². The third-order valence-electron chi connectivity index (χ3n) is 2.58. The maximum absolute atomic E-state index is 12.2. The van der Waals surface area contributed by atoms with Crippen molar-refractivity contribution < 1.29 is 8.42 Å². The number of nitrogens with two attached hydrogens (primary N) is 1. The predicted molar refractivity (Wildman–Crippen MR) is 81.6 cm³/mol. The number of nitrogens with one attached hydrogen (secondary N) is 1. The first-order valence-corrected chi connectivity index (χ1v) is 8.66. The Morgan fingerprint density at radius 3 is 2.68 bits per heavy atom. The monoisotopic (exact) mass is 360 g/mol. The smallest absolute Gasteiger partial charge is 0.241 e. The molecule has 0 spiro atoms. The van der Waals surface area contributed by atoms with E-state index >= 15 is 0 Å². The van der Waals surface area contributed by atoms with Crippen molar-refractivity contribution >= 4 is 43.0 Å². The van der Waals surface area contributed by atoms with Gasteiger partial charge >= 0.3 is 0 Å². The van der Waals surface area contributed by atoms with E-state index in [0.29, 0.717) is 10.2 Å². The van der Waals surface area contributed by atoms with E-state index in [1.165, 1.54) is 23.5 Å². The number of thiophene rings is 1. The van der Waals surface area contributed by atoms with Crippen LogP contribution < -0.4 is 10.5 Å². The van der Waals surface area contributed by atoms with Crippen LogP contribution >= 0.6 is 27.3 Å². The Labute approximate surface area is 124 Å². The van der Waals surface area contributed by atoms with E-state index in [1.54, 1.807) is 6.07 Å². The molecule has 2 rings (SSSR count). The maximum atomic E-state index is 12.2. The van der Waals surface area contributed by atoms with Gasteiger partial charge in [-0.05, 0) is 52.5 Å². The highest BCUT2D eigenvalue weighted by molar-refractivity contribution is 9.10. The van der Waals surface area contributed by atoms with Gasteiger partial charge in [0.25, 0.3) is 0 Å². The Hall–Kier alpha value is -0.890. The van der Waals surface area contributed by atoms with Crippen LogP contribution in [0.25, 0.3) is 0 Å². The number of nitrogen functional groups attached to an aromatic ring is 1. The highest BCUT2D eigenvalue weighted by Gasteiger charge is 2.19. The fraction of sp³-hybridized carbons (Fsp3) is 0.167. The first-order valence-electron chi connectivity index (χ1n) is 5.51. The summed E-state index contributed by atoms with van der Waals surface area (Å²) in [5, 5.41) is 1.91. The fourth-order valence-electron chi connectivity index (χ4n) is 1.59. The van der Waals surface area contributed by atoms with Gasteiger partial charge in [-0.2, -0.15) is 0 Å². The summed E-state index contributed by atoms with van der Waals surface area (Å²) in [6.45, 7) is 1.81. The molecule has 19 heavy (non-hydrogen) atoms. The van der Waals surface area contributed by atoms with Gasteiger partial charge in [-0.15, -0.1) is 11.3 Å². The lowest BCUT2D eigenvalue weighted by atomic mass is 10.3. The number of hydrogen-bond donors (Lipinski definition) is 2. The Morgan fingerprint density at radius 1 is 1.37 bits per heavy atom. The normalized spacial score (nSPS) is 13.4. The van der Waals surface area contributed by atoms with Crippen molar-refractivity contribution in [3.8, 4) is 0 Å². The fourth-order valence-corrected chi connectivity index (χ4v) is 3.90. The summed E-state index contributed by atoms with van der Waals surface area (Å²) in [6, 6.07) is 8.10. The summed E-state index contributed by atoms with van der Waals surface area (Å²) in [6.07, 6.45) is 0. The zero-order valence-electron chi connectivity index (χ0n) is 10.1. The Balaban J connectivity index is 2.25. The van der Waals surface area contributed by atoms with Crippen molar-refractivity contribution in [3.63, 3.8) is 0 Å². The summed E-state index contributed by atoms with van der Waals surface area (Å²) in [7, 11) is -3.57. The minimum absolute atomic E-state index is 0.164. The molecule has 1 aromatic heterocycles. The van der Waals surface area contributed by atoms with Crippen LogP contribution in [-0.4, -0.2) is 8.42 Å². The number of sulfonamides is 1. The molecule has 0 amide bonds. The van der Waals surface area contributed by atoms with Crippen molar-refractivity contribution in [2.24, 2.45) is 0 Å². The van der Waals surface area contributed by atoms with E-state index in [-0.39, 0.29) is 10.9 Å². The van der Waals surface area contributed by atoms with Gasteiger partial charge in [-0.3, -0.25) is 0 Å². The lowest BCUT2D eigenvalue weighted by molar-refractivity contribution is 0.568. The van der Waals surface area contributed by atoms with Crippen LogP contribution in [0.15, 0.2) is 45.1 Å². The minimum atomic E-state index is -3.57. The average Bonchev–Trinajstić information content (AvgIpc) is 2.85. The number of anilines is 1. The molecular formula is C12H13BrN2O2S2. The topological polar surface area (TPSA) is 72.2 Å². The van der Waals surface area contributed by atoms with E-state index in [4.69, 9.17) is 5.73 Å². The summed E-state index contributed by atoms with van der Waals surface area (Å²) in [4.78, 5) is 1.13. The maximum Gasteiger partial charge on any atom is 0.241 e. The zero-order valence-corrected chi connectivity index (χ0v) is 13.3. The van der Waals surface area contributed by atoms with Crippen LogP contribution in [0.3, 0.4) is 0 Å². The number of benzene rings is 1. The lowest BCUT2D eigenvalue weighted by Crippen LogP contribution is -2.26. The second-order valence-electron chi connectivity index (χ2n) is 4.04. The molecule has 0 saturated heterocycles. The molecule has 0 aliphatic carbocycles. The van der Waals surface area contributed by atoms with Crippen molar-refractivity contribution in [1.82, 2.24) is 4.72 Å². The number of hydrogen-bond acceptors (Lipinski definition) is 4. The van der Waals surface area contributed by atoms with Crippen molar-refractivity contribution in [2.75, 3.05) is 5.73 Å². The van der Waals surface area contributed by atoms with Gasteiger partial charge in [0.1, 0.15) is 0 Å². The average molecular weight is 361 g/mol. The zero-order chi connectivity index (χ0) is 14.0. The van der Waals surface area contributed by atoms with Crippen LogP contribution in [0, 0.1) is 0 Å². The third kappa shape index (κ3) is 3.36. The molecule has 0 fully saturated rings. The van der Waals surface area contributed by atoms with Gasteiger partial charge in [0, 0.05) is 15.0 Å². The number of halogens is 1. The largest absolute Gasteiger partial charge is 0.398 e. The summed E-state index contributed by atoms with van der Waals surface area (Å²) < 4.78 is 27.8. The highest BCUT2D eigenvalue weighted by atomic mass is 79.9. The Kier molecular flexibility index (Phi) is 4.29. The van der Waals surface area contributed by atoms with E-state index in [2.05, 4.69) is 20.7 Å². The van der Waals surface area contributed by atoms with E-state index in [9.17, 15) is 8.42 Å². The van der Waals surface area contributed by atoms with Gasteiger partial charge in [-0.25, -0.2) is 13.1 Å². The molecule has 0 radical (unpaired) electrons. The van der Waals surface area contributed by atoms with Crippen LogP contribution in [0.2, 0.25) is 0 Å². The molecule has 0 bridgehead atoms. The first kappa shape index (κ1) is 14.5. The summed E-state index contributed by atoms with van der Waals surface area (Å²) in [5.41, 5.74) is 6.10. The van der Waals surface area contributed by atoms with Crippen molar-refractivity contribution in [2.45, 2.75) is 17.9 Å². The third-order valence-corrected chi connectivity index (χ3v) is 5.90. The van der Waals surface area contributed by atoms with Crippen molar-refractivity contribution in [1.29, 1.82) is 0 Å². The Bertz CT molecular complexity index is 669. The molecule has 102 valence electrons. The van der Waals surface area contributed by atoms with Gasteiger partial charge in [-0.1, -0.05) is 6.07 Å². The molecule has 0 saturated carbocycles. The summed E-state index contributed by atoms with van der Waals surface area (Å²) in [5.74, 6) is 0. The van der Waals surface area contributed by atoms with E-state index in [0.717, 1.165) is 4.88 Å². The molecule has 1 heterocycles. The standard InChI is InChI=1S/C12H13BrN2O2S2/c1-8(12-3-2-6-18-12)15-19(16,17)9-4-5-10(13)11(14)7-9/h2-8,15H,14H2,1H3. The number of rotatable bonds is 4. The van der Waals surface area contributed by atoms with Crippen LogP contribution in [0.5, 0.6) is 0 Å². The molecule has 1 atom stereocenters. The Morgan fingerprint density at radius 2 is 2.11 bits per heavy atom. The first-order chi connectivity index (χ1) is 8.90.